The Morgan fingerprint density at radius 2 is 1.67 bits per heavy atom. The van der Waals surface area contributed by atoms with Crippen LogP contribution in [0, 0.1) is 0 Å². The summed E-state index contributed by atoms with van der Waals surface area (Å²) < 4.78 is 0. The van der Waals surface area contributed by atoms with Crippen molar-refractivity contribution in [2.75, 3.05) is 6.61 Å². The molecule has 0 heterocycles. The van der Waals surface area contributed by atoms with Crippen LogP contribution in [0.5, 0.6) is 0 Å². The maximum absolute atomic E-state index is 9.51. The predicted molar refractivity (Wildman–Crippen MR) is 76.4 cm³/mol. The Morgan fingerprint density at radius 1 is 0.944 bits per heavy atom. The molecule has 0 spiro atoms. The SMILES string of the molecule is OCC(Cc1ccc(Cl)c(Cl)c1)c1ccccc1. The second-order valence-electron chi connectivity index (χ2n) is 4.24. The lowest BCUT2D eigenvalue weighted by Gasteiger charge is -2.15. The Bertz CT molecular complexity index is 511. The van der Waals surface area contributed by atoms with Crippen molar-refractivity contribution in [3.05, 3.63) is 69.7 Å². The highest BCUT2D eigenvalue weighted by Crippen LogP contribution is 2.26. The monoisotopic (exact) mass is 280 g/mol. The summed E-state index contributed by atoms with van der Waals surface area (Å²) in [5.41, 5.74) is 2.21. The van der Waals surface area contributed by atoms with Gasteiger partial charge in [-0.15, -0.1) is 0 Å². The van der Waals surface area contributed by atoms with E-state index in [4.69, 9.17) is 23.2 Å². The molecular formula is C15H14Cl2O. The van der Waals surface area contributed by atoms with Crippen molar-refractivity contribution in [2.24, 2.45) is 0 Å². The smallest absolute Gasteiger partial charge is 0.0595 e. The van der Waals surface area contributed by atoms with E-state index in [1.807, 2.05) is 42.5 Å². The summed E-state index contributed by atoms with van der Waals surface area (Å²) in [6.07, 6.45) is 0.747. The fraction of sp³-hybridized carbons (Fsp3) is 0.200. The molecule has 1 N–H and O–H groups in total. The standard InChI is InChI=1S/C15H14Cl2O/c16-14-7-6-11(9-15(14)17)8-13(10-18)12-4-2-1-3-5-12/h1-7,9,13,18H,8,10H2. The minimum absolute atomic E-state index is 0.0865. The molecule has 1 nitrogen and oxygen atoms in total. The zero-order valence-corrected chi connectivity index (χ0v) is 11.3. The van der Waals surface area contributed by atoms with Crippen molar-refractivity contribution in [2.45, 2.75) is 12.3 Å². The summed E-state index contributed by atoms with van der Waals surface area (Å²) in [5, 5.41) is 10.6. The van der Waals surface area contributed by atoms with E-state index in [-0.39, 0.29) is 12.5 Å². The highest BCUT2D eigenvalue weighted by molar-refractivity contribution is 6.42. The Morgan fingerprint density at radius 3 is 2.28 bits per heavy atom. The Hall–Kier alpha value is -1.02. The van der Waals surface area contributed by atoms with E-state index in [1.165, 1.54) is 0 Å². The van der Waals surface area contributed by atoms with Crippen LogP contribution in [-0.4, -0.2) is 11.7 Å². The Balaban J connectivity index is 2.18. The van der Waals surface area contributed by atoms with Gasteiger partial charge in [-0.05, 0) is 29.7 Å². The van der Waals surface area contributed by atoms with E-state index >= 15 is 0 Å². The van der Waals surface area contributed by atoms with Gasteiger partial charge in [0.1, 0.15) is 0 Å². The topological polar surface area (TPSA) is 20.2 Å². The first-order valence-corrected chi connectivity index (χ1v) is 6.56. The van der Waals surface area contributed by atoms with Crippen LogP contribution < -0.4 is 0 Å². The summed E-state index contributed by atoms with van der Waals surface area (Å²) in [6, 6.07) is 15.6. The molecule has 18 heavy (non-hydrogen) atoms. The third kappa shape index (κ3) is 3.26. The molecule has 3 heteroatoms. The van der Waals surface area contributed by atoms with E-state index in [1.54, 1.807) is 6.07 Å². The lowest BCUT2D eigenvalue weighted by molar-refractivity contribution is 0.264. The summed E-state index contributed by atoms with van der Waals surface area (Å²) in [7, 11) is 0. The van der Waals surface area contributed by atoms with Gasteiger partial charge in [-0.2, -0.15) is 0 Å². The van der Waals surface area contributed by atoms with Crippen molar-refractivity contribution in [3.63, 3.8) is 0 Å². The molecule has 2 rings (SSSR count). The fourth-order valence-electron chi connectivity index (χ4n) is 1.96. The number of halogens is 2. The molecule has 2 aromatic carbocycles. The molecule has 0 aliphatic heterocycles. The van der Waals surface area contributed by atoms with Crippen LogP contribution >= 0.6 is 23.2 Å². The van der Waals surface area contributed by atoms with Crippen LogP contribution in [0.3, 0.4) is 0 Å². The van der Waals surface area contributed by atoms with Crippen LogP contribution in [0.4, 0.5) is 0 Å². The number of hydrogen-bond acceptors (Lipinski definition) is 1. The van der Waals surface area contributed by atoms with Crippen molar-refractivity contribution >= 4 is 23.2 Å². The lowest BCUT2D eigenvalue weighted by Crippen LogP contribution is -2.07. The summed E-state index contributed by atoms with van der Waals surface area (Å²) in [4.78, 5) is 0. The second-order valence-corrected chi connectivity index (χ2v) is 5.06. The first-order valence-electron chi connectivity index (χ1n) is 5.80. The molecule has 1 unspecified atom stereocenters. The van der Waals surface area contributed by atoms with Crippen LogP contribution in [0.2, 0.25) is 10.0 Å². The summed E-state index contributed by atoms with van der Waals surface area (Å²) >= 11 is 11.9. The quantitative estimate of drug-likeness (QED) is 0.885. The van der Waals surface area contributed by atoms with Gasteiger partial charge < -0.3 is 5.11 Å². The van der Waals surface area contributed by atoms with Gasteiger partial charge in [0, 0.05) is 5.92 Å². The van der Waals surface area contributed by atoms with Gasteiger partial charge in [-0.25, -0.2) is 0 Å². The number of rotatable bonds is 4. The summed E-state index contributed by atoms with van der Waals surface area (Å²) in [6.45, 7) is 0.115. The Kier molecular flexibility index (Phi) is 4.65. The molecule has 0 aliphatic rings. The molecule has 0 radical (unpaired) electrons. The van der Waals surface area contributed by atoms with Gasteiger partial charge in [-0.3, -0.25) is 0 Å². The van der Waals surface area contributed by atoms with Gasteiger partial charge in [0.15, 0.2) is 0 Å². The van der Waals surface area contributed by atoms with E-state index in [0.717, 1.165) is 17.5 Å². The van der Waals surface area contributed by atoms with Gasteiger partial charge in [0.05, 0.1) is 16.7 Å². The molecule has 94 valence electrons. The first-order chi connectivity index (χ1) is 8.70. The zero-order valence-electron chi connectivity index (χ0n) is 9.81. The second kappa shape index (κ2) is 6.24. The number of aliphatic hydroxyl groups is 1. The molecule has 0 fully saturated rings. The number of aliphatic hydroxyl groups excluding tert-OH is 1. The minimum Gasteiger partial charge on any atom is -0.396 e. The van der Waals surface area contributed by atoms with Crippen molar-refractivity contribution in [1.29, 1.82) is 0 Å². The lowest BCUT2D eigenvalue weighted by atomic mass is 9.93. The van der Waals surface area contributed by atoms with Crippen molar-refractivity contribution < 1.29 is 5.11 Å². The molecule has 0 aliphatic carbocycles. The normalized spacial score (nSPS) is 12.4. The van der Waals surface area contributed by atoms with Crippen LogP contribution in [0.25, 0.3) is 0 Å². The average molecular weight is 281 g/mol. The van der Waals surface area contributed by atoms with Gasteiger partial charge >= 0.3 is 0 Å². The first kappa shape index (κ1) is 13.4. The van der Waals surface area contributed by atoms with E-state index in [9.17, 15) is 5.11 Å². The fourth-order valence-corrected chi connectivity index (χ4v) is 2.28. The molecule has 0 bridgehead atoms. The molecule has 1 atom stereocenters. The van der Waals surface area contributed by atoms with E-state index in [0.29, 0.717) is 10.0 Å². The number of benzene rings is 2. The number of hydrogen-bond donors (Lipinski definition) is 1. The average Bonchev–Trinajstić information content (AvgIpc) is 2.41. The predicted octanol–water partition coefficient (Wildman–Crippen LogP) is 4.31. The van der Waals surface area contributed by atoms with Crippen LogP contribution in [0.1, 0.15) is 17.0 Å². The highest BCUT2D eigenvalue weighted by atomic mass is 35.5. The largest absolute Gasteiger partial charge is 0.396 e. The molecule has 0 aromatic heterocycles. The highest BCUT2D eigenvalue weighted by Gasteiger charge is 2.11. The summed E-state index contributed by atoms with van der Waals surface area (Å²) in [5.74, 6) is 0.0865. The maximum atomic E-state index is 9.51. The third-order valence-electron chi connectivity index (χ3n) is 2.96. The van der Waals surface area contributed by atoms with Gasteiger partial charge in [0.25, 0.3) is 0 Å². The van der Waals surface area contributed by atoms with Crippen molar-refractivity contribution in [3.8, 4) is 0 Å². The van der Waals surface area contributed by atoms with E-state index < -0.39 is 0 Å². The maximum Gasteiger partial charge on any atom is 0.0595 e. The van der Waals surface area contributed by atoms with Crippen LogP contribution in [0.15, 0.2) is 48.5 Å². The van der Waals surface area contributed by atoms with Crippen LogP contribution in [-0.2, 0) is 6.42 Å². The third-order valence-corrected chi connectivity index (χ3v) is 3.70. The molecule has 0 saturated carbocycles. The Labute approximate surface area is 117 Å². The molecule has 0 saturated heterocycles. The zero-order chi connectivity index (χ0) is 13.0. The van der Waals surface area contributed by atoms with Gasteiger partial charge in [0.2, 0.25) is 0 Å². The van der Waals surface area contributed by atoms with Gasteiger partial charge in [-0.1, -0.05) is 59.6 Å². The minimum atomic E-state index is 0.0865. The molecule has 2 aromatic rings. The molecule has 0 amide bonds. The van der Waals surface area contributed by atoms with E-state index in [2.05, 4.69) is 0 Å². The van der Waals surface area contributed by atoms with Crippen molar-refractivity contribution in [1.82, 2.24) is 0 Å². The molecular weight excluding hydrogens is 267 g/mol.